The largest absolute Gasteiger partial charge is 0.384 e. The smallest absolute Gasteiger partial charge is 0.263 e. The van der Waals surface area contributed by atoms with Gasteiger partial charge in [0.05, 0.1) is 0 Å². The van der Waals surface area contributed by atoms with Crippen molar-refractivity contribution in [3.05, 3.63) is 70.2 Å². The summed E-state index contributed by atoms with van der Waals surface area (Å²) >= 11 is 5.96. The van der Waals surface area contributed by atoms with Crippen LogP contribution in [0.1, 0.15) is 29.2 Å². The highest BCUT2D eigenvalue weighted by molar-refractivity contribution is 6.31. The van der Waals surface area contributed by atoms with Crippen LogP contribution in [-0.4, -0.2) is 5.11 Å². The summed E-state index contributed by atoms with van der Waals surface area (Å²) in [5, 5.41) is 10.6. The number of halogens is 3. The SMILES string of the molecule is OC(c1cccc(C(F)F)c1)c1ccccc1Cl. The third-order valence-electron chi connectivity index (χ3n) is 2.68. The molecule has 94 valence electrons. The molecule has 0 spiro atoms. The van der Waals surface area contributed by atoms with Crippen molar-refractivity contribution in [2.24, 2.45) is 0 Å². The van der Waals surface area contributed by atoms with Crippen molar-refractivity contribution in [2.75, 3.05) is 0 Å². The number of rotatable bonds is 3. The van der Waals surface area contributed by atoms with Gasteiger partial charge in [-0.05, 0) is 17.7 Å². The molecule has 0 saturated heterocycles. The Hall–Kier alpha value is -1.45. The second-order valence-corrected chi connectivity index (χ2v) is 4.30. The fourth-order valence-corrected chi connectivity index (χ4v) is 1.98. The zero-order valence-corrected chi connectivity index (χ0v) is 10.1. The van der Waals surface area contributed by atoms with Crippen LogP contribution in [0.4, 0.5) is 8.78 Å². The van der Waals surface area contributed by atoms with Crippen molar-refractivity contribution in [1.82, 2.24) is 0 Å². The lowest BCUT2D eigenvalue weighted by atomic mass is 10.00. The Balaban J connectivity index is 2.37. The van der Waals surface area contributed by atoms with E-state index in [1.54, 1.807) is 30.3 Å². The third-order valence-corrected chi connectivity index (χ3v) is 3.02. The Morgan fingerprint density at radius 1 is 0.944 bits per heavy atom. The predicted molar refractivity (Wildman–Crippen MR) is 66.9 cm³/mol. The van der Waals surface area contributed by atoms with Crippen molar-refractivity contribution in [3.8, 4) is 0 Å². The van der Waals surface area contributed by atoms with Crippen molar-refractivity contribution >= 4 is 11.6 Å². The van der Waals surface area contributed by atoms with Crippen LogP contribution in [0.15, 0.2) is 48.5 Å². The van der Waals surface area contributed by atoms with Gasteiger partial charge in [0.25, 0.3) is 6.43 Å². The van der Waals surface area contributed by atoms with Gasteiger partial charge >= 0.3 is 0 Å². The summed E-state index contributed by atoms with van der Waals surface area (Å²) in [5.74, 6) is 0. The summed E-state index contributed by atoms with van der Waals surface area (Å²) in [6, 6.07) is 12.5. The van der Waals surface area contributed by atoms with Crippen LogP contribution in [0.25, 0.3) is 0 Å². The standard InChI is InChI=1S/C14H11ClF2O/c15-12-7-2-1-6-11(12)13(18)9-4-3-5-10(8-9)14(16)17/h1-8,13-14,18H. The number of aliphatic hydroxyl groups excluding tert-OH is 1. The van der Waals surface area contributed by atoms with Crippen LogP contribution < -0.4 is 0 Å². The highest BCUT2D eigenvalue weighted by Crippen LogP contribution is 2.30. The quantitative estimate of drug-likeness (QED) is 0.877. The lowest BCUT2D eigenvalue weighted by molar-refractivity contribution is 0.150. The minimum Gasteiger partial charge on any atom is -0.384 e. The van der Waals surface area contributed by atoms with Gasteiger partial charge in [-0.1, -0.05) is 48.0 Å². The molecule has 18 heavy (non-hydrogen) atoms. The molecule has 0 aliphatic carbocycles. The first kappa shape index (κ1) is 13.0. The first-order valence-electron chi connectivity index (χ1n) is 5.40. The van der Waals surface area contributed by atoms with Gasteiger partial charge in [-0.15, -0.1) is 0 Å². The van der Waals surface area contributed by atoms with Crippen LogP contribution >= 0.6 is 11.6 Å². The first-order valence-corrected chi connectivity index (χ1v) is 5.78. The Bertz CT molecular complexity index is 543. The molecule has 2 aromatic carbocycles. The zero-order chi connectivity index (χ0) is 13.1. The molecule has 0 amide bonds. The molecule has 1 N–H and O–H groups in total. The number of benzene rings is 2. The van der Waals surface area contributed by atoms with E-state index in [-0.39, 0.29) is 5.56 Å². The molecule has 0 radical (unpaired) electrons. The van der Waals surface area contributed by atoms with Crippen LogP contribution in [0, 0.1) is 0 Å². The summed E-state index contributed by atoms with van der Waals surface area (Å²) in [6.07, 6.45) is -3.55. The molecular formula is C14H11ClF2O. The molecule has 0 fully saturated rings. The Labute approximate surface area is 109 Å². The van der Waals surface area contributed by atoms with Crippen molar-refractivity contribution in [1.29, 1.82) is 0 Å². The number of hydrogen-bond acceptors (Lipinski definition) is 1. The highest BCUT2D eigenvalue weighted by Gasteiger charge is 2.15. The zero-order valence-electron chi connectivity index (χ0n) is 9.35. The Morgan fingerprint density at radius 2 is 1.61 bits per heavy atom. The van der Waals surface area contributed by atoms with Crippen LogP contribution in [0.3, 0.4) is 0 Å². The maximum Gasteiger partial charge on any atom is 0.263 e. The van der Waals surface area contributed by atoms with Crippen LogP contribution in [-0.2, 0) is 0 Å². The van der Waals surface area contributed by atoms with Crippen molar-refractivity contribution < 1.29 is 13.9 Å². The van der Waals surface area contributed by atoms with Gasteiger partial charge in [0.2, 0.25) is 0 Å². The van der Waals surface area contributed by atoms with Gasteiger partial charge in [0, 0.05) is 16.1 Å². The van der Waals surface area contributed by atoms with E-state index in [9.17, 15) is 13.9 Å². The monoisotopic (exact) mass is 268 g/mol. The molecule has 0 aliphatic rings. The summed E-state index contributed by atoms with van der Waals surface area (Å²) in [6.45, 7) is 0. The molecule has 0 saturated carbocycles. The van der Waals surface area contributed by atoms with Crippen molar-refractivity contribution in [2.45, 2.75) is 12.5 Å². The van der Waals surface area contributed by atoms with E-state index in [0.717, 1.165) is 0 Å². The molecule has 0 aliphatic heterocycles. The van der Waals surface area contributed by atoms with Crippen LogP contribution in [0.2, 0.25) is 5.02 Å². The van der Waals surface area contributed by atoms with E-state index in [1.165, 1.54) is 18.2 Å². The number of hydrogen-bond donors (Lipinski definition) is 1. The average molecular weight is 269 g/mol. The van der Waals surface area contributed by atoms with Gasteiger partial charge in [0.1, 0.15) is 6.10 Å². The van der Waals surface area contributed by atoms with E-state index < -0.39 is 12.5 Å². The Morgan fingerprint density at radius 3 is 2.28 bits per heavy atom. The van der Waals surface area contributed by atoms with E-state index in [4.69, 9.17) is 11.6 Å². The predicted octanol–water partition coefficient (Wildman–Crippen LogP) is 4.36. The van der Waals surface area contributed by atoms with Gasteiger partial charge in [-0.25, -0.2) is 8.78 Å². The molecule has 0 heterocycles. The summed E-state index contributed by atoms with van der Waals surface area (Å²) in [4.78, 5) is 0. The molecule has 1 nitrogen and oxygen atoms in total. The molecule has 4 heteroatoms. The second-order valence-electron chi connectivity index (χ2n) is 3.89. The van der Waals surface area contributed by atoms with Gasteiger partial charge in [-0.3, -0.25) is 0 Å². The first-order chi connectivity index (χ1) is 8.59. The Kier molecular flexibility index (Phi) is 3.94. The maximum atomic E-state index is 12.6. The molecule has 0 bridgehead atoms. The summed E-state index contributed by atoms with van der Waals surface area (Å²) in [5.41, 5.74) is 0.796. The van der Waals surface area contributed by atoms with Gasteiger partial charge in [0.15, 0.2) is 0 Å². The lowest BCUT2D eigenvalue weighted by Crippen LogP contribution is -2.01. The molecule has 2 aromatic rings. The van der Waals surface area contributed by atoms with Crippen LogP contribution in [0.5, 0.6) is 0 Å². The van der Waals surface area contributed by atoms with Gasteiger partial charge in [-0.2, -0.15) is 0 Å². The molecular weight excluding hydrogens is 258 g/mol. The summed E-state index contributed by atoms with van der Waals surface area (Å²) < 4.78 is 25.2. The number of aliphatic hydroxyl groups is 1. The second kappa shape index (κ2) is 5.46. The molecule has 0 aromatic heterocycles. The normalized spacial score (nSPS) is 12.7. The fourth-order valence-electron chi connectivity index (χ4n) is 1.74. The topological polar surface area (TPSA) is 20.2 Å². The molecule has 1 atom stereocenters. The molecule has 1 unspecified atom stereocenters. The van der Waals surface area contributed by atoms with E-state index in [2.05, 4.69) is 0 Å². The lowest BCUT2D eigenvalue weighted by Gasteiger charge is -2.14. The fraction of sp³-hybridized carbons (Fsp3) is 0.143. The average Bonchev–Trinajstić information content (AvgIpc) is 2.38. The van der Waals surface area contributed by atoms with E-state index in [1.807, 2.05) is 0 Å². The number of alkyl halides is 2. The highest BCUT2D eigenvalue weighted by atomic mass is 35.5. The summed E-state index contributed by atoms with van der Waals surface area (Å²) in [7, 11) is 0. The maximum absolute atomic E-state index is 12.6. The molecule has 2 rings (SSSR count). The van der Waals surface area contributed by atoms with Gasteiger partial charge < -0.3 is 5.11 Å². The third kappa shape index (κ3) is 2.68. The minimum absolute atomic E-state index is 0.112. The van der Waals surface area contributed by atoms with Crippen molar-refractivity contribution in [3.63, 3.8) is 0 Å². The minimum atomic E-state index is -2.55. The van der Waals surface area contributed by atoms with E-state index >= 15 is 0 Å². The van der Waals surface area contributed by atoms with E-state index in [0.29, 0.717) is 16.1 Å².